The number of hydrogen-bond donors (Lipinski definition) is 7. The molecule has 2 atom stereocenters. The van der Waals surface area contributed by atoms with Gasteiger partial charge in [0.1, 0.15) is 23.5 Å². The smallest absolute Gasteiger partial charge is 0.362 e. The van der Waals surface area contributed by atoms with E-state index in [2.05, 4.69) is 31.0 Å². The predicted octanol–water partition coefficient (Wildman–Crippen LogP) is -3.23. The molecule has 0 spiro atoms. The molecule has 1 saturated carbocycles. The SMILES string of the molecule is N=C(NCc1cnn(C[C@H]2C(NC(=O)/C(=N\OC3(C(=O)O)CC3)c3csc(N)n3)C(=O)N2S(=O)(=O)O)n1)N1CC(CN)C1. The Morgan fingerprint density at radius 1 is 1.33 bits per heavy atom. The van der Waals surface area contributed by atoms with Crippen molar-refractivity contribution in [3.8, 4) is 0 Å². The number of oxime groups is 1. The second-order valence-electron chi connectivity index (χ2n) is 10.1. The number of amides is 2. The molecule has 9 N–H and O–H groups in total. The Labute approximate surface area is 247 Å². The Morgan fingerprint density at radius 2 is 2.05 bits per heavy atom. The number of carbonyl (C=O) groups is 3. The summed E-state index contributed by atoms with van der Waals surface area (Å²) in [5.41, 5.74) is 9.51. The number of carboxylic acid groups (broad SMARTS) is 1. The van der Waals surface area contributed by atoms with Gasteiger partial charge in [-0.25, -0.2) is 14.1 Å². The third-order valence-electron chi connectivity index (χ3n) is 7.07. The van der Waals surface area contributed by atoms with E-state index < -0.39 is 51.5 Å². The van der Waals surface area contributed by atoms with Gasteiger partial charge in [-0.1, -0.05) is 5.16 Å². The van der Waals surface area contributed by atoms with Crippen molar-refractivity contribution in [2.45, 2.75) is 43.6 Å². The summed E-state index contributed by atoms with van der Waals surface area (Å²) in [6, 6.07) is -2.82. The quantitative estimate of drug-likeness (QED) is 0.0394. The molecule has 0 aromatic carbocycles. The minimum absolute atomic E-state index is 0.0654. The highest BCUT2D eigenvalue weighted by atomic mass is 32.2. The van der Waals surface area contributed by atoms with Crippen LogP contribution in [0.3, 0.4) is 0 Å². The van der Waals surface area contributed by atoms with Crippen molar-refractivity contribution < 1.29 is 37.3 Å². The van der Waals surface area contributed by atoms with Crippen LogP contribution in [0.25, 0.3) is 0 Å². The molecule has 4 heterocycles. The van der Waals surface area contributed by atoms with Crippen molar-refractivity contribution >= 4 is 56.2 Å². The molecule has 232 valence electrons. The third-order valence-corrected chi connectivity index (χ3v) is 8.69. The molecule has 2 aromatic heterocycles. The summed E-state index contributed by atoms with van der Waals surface area (Å²) in [7, 11) is -5.02. The number of rotatable bonds is 12. The number of nitrogens with one attached hydrogen (secondary N) is 3. The maximum Gasteiger partial charge on any atom is 0.362 e. The minimum Gasteiger partial charge on any atom is -0.478 e. The van der Waals surface area contributed by atoms with Gasteiger partial charge in [0.2, 0.25) is 5.60 Å². The first-order valence-corrected chi connectivity index (χ1v) is 15.1. The lowest BCUT2D eigenvalue weighted by atomic mass is 9.98. The van der Waals surface area contributed by atoms with E-state index in [-0.39, 0.29) is 47.0 Å². The number of anilines is 1. The first-order valence-electron chi connectivity index (χ1n) is 12.8. The maximum atomic E-state index is 13.2. The number of nitrogens with zero attached hydrogens (tertiary/aromatic N) is 7. The van der Waals surface area contributed by atoms with Gasteiger partial charge in [-0.3, -0.25) is 19.6 Å². The van der Waals surface area contributed by atoms with Crippen molar-refractivity contribution in [3.63, 3.8) is 0 Å². The summed E-state index contributed by atoms with van der Waals surface area (Å²) in [4.78, 5) is 49.4. The van der Waals surface area contributed by atoms with Crippen molar-refractivity contribution in [3.05, 3.63) is 23.0 Å². The van der Waals surface area contributed by atoms with Crippen LogP contribution in [0, 0.1) is 11.3 Å². The van der Waals surface area contributed by atoms with E-state index in [1.165, 1.54) is 11.6 Å². The van der Waals surface area contributed by atoms with Crippen LogP contribution in [0.5, 0.6) is 0 Å². The average molecular weight is 641 g/mol. The number of thiazole rings is 1. The van der Waals surface area contributed by atoms with Crippen LogP contribution in [0.2, 0.25) is 0 Å². The first kappa shape index (κ1) is 30.1. The van der Waals surface area contributed by atoms with E-state index in [0.29, 0.717) is 31.2 Å². The largest absolute Gasteiger partial charge is 0.478 e. The van der Waals surface area contributed by atoms with Crippen LogP contribution >= 0.6 is 11.3 Å². The zero-order valence-corrected chi connectivity index (χ0v) is 23.9. The first-order chi connectivity index (χ1) is 20.3. The molecule has 2 aromatic rings. The number of nitrogens with two attached hydrogens (primary N) is 2. The summed E-state index contributed by atoms with van der Waals surface area (Å²) in [6.07, 6.45) is 1.69. The lowest BCUT2D eigenvalue weighted by molar-refractivity contribution is -0.153. The van der Waals surface area contributed by atoms with Gasteiger partial charge >= 0.3 is 16.3 Å². The van der Waals surface area contributed by atoms with E-state index in [0.717, 1.165) is 16.1 Å². The molecule has 1 unspecified atom stereocenters. The van der Waals surface area contributed by atoms with E-state index in [1.807, 2.05) is 0 Å². The number of nitrogen functional groups attached to an aromatic ring is 1. The van der Waals surface area contributed by atoms with Crippen molar-refractivity contribution in [1.82, 2.24) is 39.8 Å². The monoisotopic (exact) mass is 640 g/mol. The zero-order valence-electron chi connectivity index (χ0n) is 22.3. The Kier molecular flexibility index (Phi) is 7.93. The highest BCUT2D eigenvalue weighted by molar-refractivity contribution is 7.84. The molecule has 3 aliphatic rings. The van der Waals surface area contributed by atoms with Gasteiger partial charge in [0, 0.05) is 37.2 Å². The van der Waals surface area contributed by atoms with Crippen LogP contribution in [0.15, 0.2) is 16.7 Å². The molecule has 43 heavy (non-hydrogen) atoms. The Balaban J connectivity index is 1.28. The van der Waals surface area contributed by atoms with Gasteiger partial charge in [0.15, 0.2) is 16.8 Å². The molecule has 0 bridgehead atoms. The van der Waals surface area contributed by atoms with E-state index in [9.17, 15) is 32.5 Å². The molecule has 1 aliphatic carbocycles. The summed E-state index contributed by atoms with van der Waals surface area (Å²) < 4.78 is 33.7. The molecule has 2 aliphatic heterocycles. The van der Waals surface area contributed by atoms with E-state index in [1.54, 1.807) is 4.90 Å². The van der Waals surface area contributed by atoms with Crippen LogP contribution in [0.4, 0.5) is 5.13 Å². The lowest BCUT2D eigenvalue weighted by Gasteiger charge is -2.43. The van der Waals surface area contributed by atoms with E-state index >= 15 is 0 Å². The maximum absolute atomic E-state index is 13.2. The summed E-state index contributed by atoms with van der Waals surface area (Å²) in [5, 5.41) is 36.1. The minimum atomic E-state index is -5.02. The number of likely N-dealkylation sites (tertiary alicyclic amines) is 1. The van der Waals surface area contributed by atoms with Gasteiger partial charge in [-0.15, -0.1) is 11.3 Å². The van der Waals surface area contributed by atoms with Gasteiger partial charge in [-0.2, -0.15) is 23.4 Å². The topological polar surface area (TPSA) is 297 Å². The highest BCUT2D eigenvalue weighted by Gasteiger charge is 2.56. The highest BCUT2D eigenvalue weighted by Crippen LogP contribution is 2.40. The number of aromatic nitrogens is 4. The fourth-order valence-electron chi connectivity index (χ4n) is 4.40. The number of carboxylic acids is 1. The fraction of sp³-hybridized carbons (Fsp3) is 0.524. The molecule has 5 rings (SSSR count). The molecule has 2 saturated heterocycles. The summed E-state index contributed by atoms with van der Waals surface area (Å²) in [5.74, 6) is -2.93. The third kappa shape index (κ3) is 6.21. The number of hydrogen-bond acceptors (Lipinski definition) is 14. The molecule has 2 amide bonds. The fourth-order valence-corrected chi connectivity index (χ4v) is 5.82. The average Bonchev–Trinajstić information content (AvgIpc) is 3.38. The van der Waals surface area contributed by atoms with Crippen molar-refractivity contribution in [1.29, 1.82) is 5.41 Å². The van der Waals surface area contributed by atoms with Gasteiger partial charge in [0.25, 0.3) is 11.8 Å². The lowest BCUT2D eigenvalue weighted by Crippen LogP contribution is -2.73. The number of aliphatic carboxylic acids is 1. The molecule has 0 radical (unpaired) electrons. The van der Waals surface area contributed by atoms with Crippen molar-refractivity contribution in [2.24, 2.45) is 16.8 Å². The van der Waals surface area contributed by atoms with Crippen LogP contribution < -0.4 is 22.1 Å². The molecular weight excluding hydrogens is 612 g/mol. The van der Waals surface area contributed by atoms with Crippen molar-refractivity contribution in [2.75, 3.05) is 25.4 Å². The van der Waals surface area contributed by atoms with Gasteiger partial charge < -0.3 is 36.9 Å². The standard InChI is InChI=1S/C21H28N12O8S2/c22-3-10-6-31(7-10)19(23)25-4-11-5-26-32(29-11)8-13-15(17(35)33(13)43(38,39)40)28-16(34)14(12-9-42-20(24)27-12)30-41-21(1-2-21)18(36)37/h5,9-10,13,15H,1-4,6-8,22H2,(H2,23,25)(H2,24,27)(H,28,34)(H,36,37)(H,38,39,40)/b30-14-/t13-,15?/m0/s1. The Bertz CT molecular complexity index is 1580. The number of β-lactam (4-membered cyclic amide) rings is 1. The van der Waals surface area contributed by atoms with E-state index in [4.69, 9.17) is 21.7 Å². The molecule has 20 nitrogen and oxygen atoms in total. The molecular formula is C21H28N12O8S2. The normalized spacial score (nSPS) is 21.5. The second kappa shape index (κ2) is 11.3. The number of guanidine groups is 1. The Hall–Kier alpha value is -4.41. The van der Waals surface area contributed by atoms with Crippen LogP contribution in [0.1, 0.15) is 24.2 Å². The summed E-state index contributed by atoms with van der Waals surface area (Å²) in [6.45, 7) is 1.64. The van der Waals surface area contributed by atoms with Crippen LogP contribution in [-0.2, 0) is 42.6 Å². The molecule has 3 fully saturated rings. The second-order valence-corrected chi connectivity index (χ2v) is 12.3. The predicted molar refractivity (Wildman–Crippen MR) is 147 cm³/mol. The molecule has 22 heteroatoms. The van der Waals surface area contributed by atoms with Gasteiger partial charge in [0.05, 0.1) is 19.3 Å². The summed E-state index contributed by atoms with van der Waals surface area (Å²) >= 11 is 0.966. The zero-order chi connectivity index (χ0) is 31.1. The number of carbonyl (C=O) groups excluding carboxylic acids is 2. The Morgan fingerprint density at radius 3 is 2.63 bits per heavy atom. The van der Waals surface area contributed by atoms with Crippen LogP contribution in [-0.4, -0.2) is 114 Å². The van der Waals surface area contributed by atoms with Gasteiger partial charge in [-0.05, 0) is 6.54 Å².